The first-order valence-electron chi connectivity index (χ1n) is 9.94. The van der Waals surface area contributed by atoms with Crippen molar-refractivity contribution in [2.75, 3.05) is 13.7 Å². The molecule has 1 atom stereocenters. The van der Waals surface area contributed by atoms with Crippen LogP contribution in [0.2, 0.25) is 0 Å². The van der Waals surface area contributed by atoms with Crippen LogP contribution in [0.25, 0.3) is 6.08 Å². The Balaban J connectivity index is 1.90. The van der Waals surface area contributed by atoms with Gasteiger partial charge >= 0.3 is 6.61 Å². The second-order valence-corrected chi connectivity index (χ2v) is 7.08. The molecule has 8 heteroatoms. The Morgan fingerprint density at radius 1 is 1.16 bits per heavy atom. The van der Waals surface area contributed by atoms with Crippen molar-refractivity contribution in [2.45, 2.75) is 31.4 Å². The molecule has 1 unspecified atom stereocenters. The fourth-order valence-corrected chi connectivity index (χ4v) is 3.50. The number of nitrogens with zero attached hydrogens (tertiary/aromatic N) is 1. The van der Waals surface area contributed by atoms with Gasteiger partial charge in [-0.15, -0.1) is 0 Å². The monoisotopic (exact) mass is 429 g/mol. The number of methoxy groups -OCH3 is 1. The summed E-state index contributed by atoms with van der Waals surface area (Å²) in [7, 11) is 1.69. The van der Waals surface area contributed by atoms with Gasteiger partial charge in [-0.25, -0.2) is 4.99 Å². The van der Waals surface area contributed by atoms with Gasteiger partial charge in [-0.1, -0.05) is 42.5 Å². The molecule has 2 aromatic carbocycles. The normalized spacial score (nSPS) is 18.5. The average molecular weight is 429 g/mol. The molecule has 3 N–H and O–H groups in total. The Morgan fingerprint density at radius 3 is 2.58 bits per heavy atom. The number of guanidine groups is 1. The van der Waals surface area contributed by atoms with Crippen LogP contribution in [0.4, 0.5) is 8.78 Å². The number of allylic oxidation sites excluding steroid dienone is 1. The molecule has 2 aromatic rings. The standard InChI is InChI=1S/C23H25F2N3O3/c1-30-14-5-3-2-4-7-16-8-6-9-18(15-16)23(20(29)27-22(26)28-23)17-10-12-19(13-11-17)31-21(24)25/h4,6-13,15,21H,2-3,5,14H2,1H3,(H3,26,27,28,29)/b7-4+. The molecule has 0 aromatic heterocycles. The molecule has 1 aliphatic heterocycles. The van der Waals surface area contributed by atoms with E-state index in [1.165, 1.54) is 24.3 Å². The van der Waals surface area contributed by atoms with Crippen LogP contribution in [0.1, 0.15) is 36.0 Å². The molecule has 1 amide bonds. The van der Waals surface area contributed by atoms with E-state index in [9.17, 15) is 13.6 Å². The largest absolute Gasteiger partial charge is 0.435 e. The Hall–Kier alpha value is -3.26. The molecular weight excluding hydrogens is 404 g/mol. The Morgan fingerprint density at radius 2 is 1.94 bits per heavy atom. The van der Waals surface area contributed by atoms with Gasteiger partial charge in [-0.3, -0.25) is 10.1 Å². The summed E-state index contributed by atoms with van der Waals surface area (Å²) in [5, 5.41) is 2.55. The molecule has 1 aliphatic rings. The van der Waals surface area contributed by atoms with Crippen molar-refractivity contribution in [3.63, 3.8) is 0 Å². The highest BCUT2D eigenvalue weighted by atomic mass is 19.3. The second-order valence-electron chi connectivity index (χ2n) is 7.08. The highest BCUT2D eigenvalue weighted by Gasteiger charge is 2.46. The number of halogens is 2. The van der Waals surface area contributed by atoms with Gasteiger partial charge in [0.2, 0.25) is 0 Å². The first-order valence-corrected chi connectivity index (χ1v) is 9.94. The first kappa shape index (κ1) is 22.4. The Labute approximate surface area is 179 Å². The van der Waals surface area contributed by atoms with Gasteiger partial charge in [0.15, 0.2) is 11.5 Å². The summed E-state index contributed by atoms with van der Waals surface area (Å²) in [6, 6.07) is 13.3. The van der Waals surface area contributed by atoms with Crippen molar-refractivity contribution in [1.29, 1.82) is 0 Å². The number of nitrogens with one attached hydrogen (secondary N) is 1. The lowest BCUT2D eigenvalue weighted by Crippen LogP contribution is -2.39. The maximum atomic E-state index is 13.0. The minimum absolute atomic E-state index is 0.00278. The van der Waals surface area contributed by atoms with Crippen LogP contribution in [0.3, 0.4) is 0 Å². The number of rotatable bonds is 10. The number of hydrogen-bond donors (Lipinski definition) is 2. The van der Waals surface area contributed by atoms with Crippen LogP contribution in [-0.4, -0.2) is 32.2 Å². The SMILES string of the molecule is COCCCC/C=C/c1cccc(C2(c3ccc(OC(F)F)cc3)N=C(N)NC2=O)c1. The van der Waals surface area contributed by atoms with Crippen LogP contribution in [0.15, 0.2) is 59.6 Å². The summed E-state index contributed by atoms with van der Waals surface area (Å²) in [5.41, 5.74) is 6.44. The van der Waals surface area contributed by atoms with Crippen molar-refractivity contribution in [3.05, 3.63) is 71.3 Å². The molecule has 164 valence electrons. The topological polar surface area (TPSA) is 85.9 Å². The van der Waals surface area contributed by atoms with E-state index in [2.05, 4.69) is 21.1 Å². The highest BCUT2D eigenvalue weighted by molar-refractivity contribution is 6.09. The lowest BCUT2D eigenvalue weighted by Gasteiger charge is -2.25. The van der Waals surface area contributed by atoms with Gasteiger partial charge in [0.05, 0.1) is 0 Å². The van der Waals surface area contributed by atoms with Crippen molar-refractivity contribution in [1.82, 2.24) is 5.32 Å². The molecule has 6 nitrogen and oxygen atoms in total. The number of ether oxygens (including phenoxy) is 2. The molecule has 0 fully saturated rings. The van der Waals surface area contributed by atoms with E-state index in [4.69, 9.17) is 10.5 Å². The fourth-order valence-electron chi connectivity index (χ4n) is 3.50. The van der Waals surface area contributed by atoms with Crippen LogP contribution in [-0.2, 0) is 15.1 Å². The third-order valence-electron chi connectivity index (χ3n) is 4.94. The zero-order valence-corrected chi connectivity index (χ0v) is 17.2. The van der Waals surface area contributed by atoms with Crippen molar-refractivity contribution < 1.29 is 23.0 Å². The van der Waals surface area contributed by atoms with Gasteiger partial charge in [0, 0.05) is 13.7 Å². The van der Waals surface area contributed by atoms with Crippen molar-refractivity contribution >= 4 is 17.9 Å². The van der Waals surface area contributed by atoms with Gasteiger partial charge in [0.25, 0.3) is 5.91 Å². The van der Waals surface area contributed by atoms with Crippen LogP contribution >= 0.6 is 0 Å². The van der Waals surface area contributed by atoms with Gasteiger partial charge in [-0.2, -0.15) is 8.78 Å². The zero-order valence-electron chi connectivity index (χ0n) is 17.2. The Kier molecular flexibility index (Phi) is 7.36. The minimum atomic E-state index is -2.93. The maximum absolute atomic E-state index is 13.0. The summed E-state index contributed by atoms with van der Waals surface area (Å²) in [6.07, 6.45) is 6.98. The molecule has 0 radical (unpaired) electrons. The van der Waals surface area contributed by atoms with E-state index in [1.54, 1.807) is 13.2 Å². The number of alkyl halides is 2. The quantitative estimate of drug-likeness (QED) is 0.563. The summed E-state index contributed by atoms with van der Waals surface area (Å²) in [4.78, 5) is 17.4. The molecule has 0 saturated carbocycles. The molecule has 31 heavy (non-hydrogen) atoms. The number of benzene rings is 2. The number of unbranched alkanes of at least 4 members (excludes halogenated alkanes) is 2. The van der Waals surface area contributed by atoms with Crippen LogP contribution in [0.5, 0.6) is 5.75 Å². The molecule has 3 rings (SSSR count). The van der Waals surface area contributed by atoms with Gasteiger partial charge < -0.3 is 15.2 Å². The minimum Gasteiger partial charge on any atom is -0.435 e. The van der Waals surface area contributed by atoms with Crippen LogP contribution in [0, 0.1) is 0 Å². The molecule has 1 heterocycles. The maximum Gasteiger partial charge on any atom is 0.387 e. The zero-order chi connectivity index (χ0) is 22.3. The predicted octanol–water partition coefficient (Wildman–Crippen LogP) is 3.81. The first-order chi connectivity index (χ1) is 15.0. The molecule has 0 saturated heterocycles. The number of nitrogens with two attached hydrogens (primary N) is 1. The summed E-state index contributed by atoms with van der Waals surface area (Å²) in [5.74, 6) is -0.417. The average Bonchev–Trinajstić information content (AvgIpc) is 3.05. The van der Waals surface area contributed by atoms with Gasteiger partial charge in [0.1, 0.15) is 5.75 Å². The van der Waals surface area contributed by atoms with E-state index < -0.39 is 18.1 Å². The molecule has 0 bridgehead atoms. The third kappa shape index (κ3) is 5.27. The fraction of sp³-hybridized carbons (Fsp3) is 0.304. The summed E-state index contributed by atoms with van der Waals surface area (Å²) >= 11 is 0. The van der Waals surface area contributed by atoms with Crippen molar-refractivity contribution in [3.8, 4) is 5.75 Å². The number of carbonyl (C=O) groups excluding carboxylic acids is 1. The van der Waals surface area contributed by atoms with Gasteiger partial charge in [-0.05, 0) is 54.2 Å². The number of hydrogen-bond acceptors (Lipinski definition) is 5. The van der Waals surface area contributed by atoms with E-state index in [-0.39, 0.29) is 11.7 Å². The van der Waals surface area contributed by atoms with Crippen LogP contribution < -0.4 is 15.8 Å². The lowest BCUT2D eigenvalue weighted by atomic mass is 9.82. The second kappa shape index (κ2) is 10.2. The van der Waals surface area contributed by atoms with E-state index in [1.807, 2.05) is 24.3 Å². The number of carbonyl (C=O) groups is 1. The highest BCUT2D eigenvalue weighted by Crippen LogP contribution is 2.38. The van der Waals surface area contributed by atoms with E-state index in [0.29, 0.717) is 11.1 Å². The van der Waals surface area contributed by atoms with E-state index >= 15 is 0 Å². The molecular formula is C23H25F2N3O3. The third-order valence-corrected chi connectivity index (χ3v) is 4.94. The lowest BCUT2D eigenvalue weighted by molar-refractivity contribution is -0.122. The predicted molar refractivity (Wildman–Crippen MR) is 115 cm³/mol. The molecule has 0 aliphatic carbocycles. The smallest absolute Gasteiger partial charge is 0.387 e. The number of amides is 1. The van der Waals surface area contributed by atoms with E-state index in [0.717, 1.165) is 31.4 Å². The summed E-state index contributed by atoms with van der Waals surface area (Å²) in [6.45, 7) is -2.19. The Bertz CT molecular complexity index is 961. The summed E-state index contributed by atoms with van der Waals surface area (Å²) < 4.78 is 34.4. The van der Waals surface area contributed by atoms with Crippen molar-refractivity contribution in [2.24, 2.45) is 10.7 Å². The molecule has 0 spiro atoms. The number of aliphatic imine (C=N–C) groups is 1.